The highest BCUT2D eigenvalue weighted by molar-refractivity contribution is 7.89. The summed E-state index contributed by atoms with van der Waals surface area (Å²) in [5.41, 5.74) is 0. The zero-order valence-corrected chi connectivity index (χ0v) is 13.9. The van der Waals surface area contributed by atoms with E-state index in [1.807, 2.05) is 19.2 Å². The summed E-state index contributed by atoms with van der Waals surface area (Å²) in [4.78, 5) is 1.42. The summed E-state index contributed by atoms with van der Waals surface area (Å²) in [7, 11) is -3.35. The van der Waals surface area contributed by atoms with Crippen LogP contribution >= 0.6 is 11.3 Å². The third kappa shape index (κ3) is 3.24. The van der Waals surface area contributed by atoms with E-state index in [4.69, 9.17) is 0 Å². The van der Waals surface area contributed by atoms with E-state index in [-0.39, 0.29) is 6.04 Å². The van der Waals surface area contributed by atoms with Crippen LogP contribution in [0.5, 0.6) is 0 Å². The molecule has 0 spiro atoms. The van der Waals surface area contributed by atoms with Crippen LogP contribution in [0.25, 0.3) is 0 Å². The highest BCUT2D eigenvalue weighted by Gasteiger charge is 2.33. The molecule has 0 aromatic carbocycles. The van der Waals surface area contributed by atoms with E-state index in [0.29, 0.717) is 18.0 Å². The fourth-order valence-corrected chi connectivity index (χ4v) is 5.95. The van der Waals surface area contributed by atoms with E-state index in [1.54, 1.807) is 10.4 Å². The van der Waals surface area contributed by atoms with Gasteiger partial charge in [0, 0.05) is 24.0 Å². The zero-order chi connectivity index (χ0) is 14.6. The molecular formula is C14H24N2O2S2. The summed E-state index contributed by atoms with van der Waals surface area (Å²) in [6.45, 7) is 6.00. The minimum atomic E-state index is -3.35. The smallest absolute Gasteiger partial charge is 0.244 e. The second-order valence-corrected chi connectivity index (χ2v) is 7.99. The minimum Gasteiger partial charge on any atom is -0.312 e. The highest BCUT2D eigenvalue weighted by Crippen LogP contribution is 2.31. The minimum absolute atomic E-state index is 0.192. The molecule has 0 bridgehead atoms. The molecule has 2 rings (SSSR count). The van der Waals surface area contributed by atoms with Gasteiger partial charge in [-0.15, -0.1) is 11.3 Å². The Labute approximate surface area is 126 Å². The number of sulfonamides is 1. The van der Waals surface area contributed by atoms with E-state index in [9.17, 15) is 8.42 Å². The second-order valence-electron chi connectivity index (χ2n) is 5.14. The van der Waals surface area contributed by atoms with Crippen LogP contribution in [0.15, 0.2) is 16.3 Å². The topological polar surface area (TPSA) is 49.4 Å². The average molecular weight is 316 g/mol. The third-order valence-electron chi connectivity index (χ3n) is 3.87. The van der Waals surface area contributed by atoms with Crippen LogP contribution in [-0.2, 0) is 16.6 Å². The van der Waals surface area contributed by atoms with Gasteiger partial charge in [0.25, 0.3) is 0 Å². The Hall–Kier alpha value is -0.430. The molecular weight excluding hydrogens is 292 g/mol. The standard InChI is InChI=1S/C14H24N2O2S2/c1-3-15-11-13-14(9-10-19-13)20(17,18)16(4-2)12-7-5-6-8-12/h9-10,12,15H,3-8,11H2,1-2H3. The summed E-state index contributed by atoms with van der Waals surface area (Å²) >= 11 is 1.52. The van der Waals surface area contributed by atoms with Crippen LogP contribution in [0.4, 0.5) is 0 Å². The summed E-state index contributed by atoms with van der Waals surface area (Å²) in [6, 6.07) is 1.95. The van der Waals surface area contributed by atoms with Gasteiger partial charge in [-0.3, -0.25) is 0 Å². The van der Waals surface area contributed by atoms with Gasteiger partial charge in [0.1, 0.15) is 0 Å². The molecule has 1 fully saturated rings. The first-order valence-corrected chi connectivity index (χ1v) is 9.72. The van der Waals surface area contributed by atoms with E-state index in [2.05, 4.69) is 5.32 Å². The molecule has 0 saturated heterocycles. The molecule has 1 N–H and O–H groups in total. The Bertz CT molecular complexity index is 519. The van der Waals surface area contributed by atoms with Crippen molar-refractivity contribution in [1.82, 2.24) is 9.62 Å². The van der Waals surface area contributed by atoms with Crippen molar-refractivity contribution in [3.63, 3.8) is 0 Å². The molecule has 1 saturated carbocycles. The number of nitrogens with one attached hydrogen (secondary N) is 1. The Morgan fingerprint density at radius 2 is 2.05 bits per heavy atom. The normalized spacial score (nSPS) is 17.1. The van der Waals surface area contributed by atoms with Gasteiger partial charge in [0.15, 0.2) is 0 Å². The van der Waals surface area contributed by atoms with Crippen LogP contribution in [0.2, 0.25) is 0 Å². The predicted molar refractivity (Wildman–Crippen MR) is 83.5 cm³/mol. The van der Waals surface area contributed by atoms with Crippen molar-refractivity contribution in [3.8, 4) is 0 Å². The summed E-state index contributed by atoms with van der Waals surface area (Å²) < 4.78 is 27.5. The first-order chi connectivity index (χ1) is 9.61. The molecule has 0 atom stereocenters. The SMILES string of the molecule is CCNCc1sccc1S(=O)(=O)N(CC)C1CCCC1. The van der Waals surface area contributed by atoms with Crippen molar-refractivity contribution in [3.05, 3.63) is 16.3 Å². The van der Waals surface area contributed by atoms with Crippen molar-refractivity contribution in [1.29, 1.82) is 0 Å². The Morgan fingerprint density at radius 3 is 2.65 bits per heavy atom. The lowest BCUT2D eigenvalue weighted by atomic mass is 10.2. The zero-order valence-electron chi connectivity index (χ0n) is 12.3. The molecule has 20 heavy (non-hydrogen) atoms. The monoisotopic (exact) mass is 316 g/mol. The van der Waals surface area contributed by atoms with E-state index in [0.717, 1.165) is 37.1 Å². The molecule has 0 aliphatic heterocycles. The van der Waals surface area contributed by atoms with E-state index >= 15 is 0 Å². The van der Waals surface area contributed by atoms with Crippen molar-refractivity contribution in [2.24, 2.45) is 0 Å². The Balaban J connectivity index is 2.26. The maximum absolute atomic E-state index is 12.9. The number of rotatable bonds is 7. The van der Waals surface area contributed by atoms with Gasteiger partial charge in [-0.1, -0.05) is 26.7 Å². The van der Waals surface area contributed by atoms with Gasteiger partial charge in [-0.25, -0.2) is 8.42 Å². The molecule has 0 unspecified atom stereocenters. The first-order valence-electron chi connectivity index (χ1n) is 7.40. The van der Waals surface area contributed by atoms with Gasteiger partial charge in [-0.05, 0) is 30.8 Å². The number of hydrogen-bond donors (Lipinski definition) is 1. The van der Waals surface area contributed by atoms with Crippen molar-refractivity contribution < 1.29 is 8.42 Å². The lowest BCUT2D eigenvalue weighted by molar-refractivity contribution is 0.335. The quantitative estimate of drug-likeness (QED) is 0.841. The molecule has 6 heteroatoms. The second kappa shape index (κ2) is 7.02. The molecule has 1 aliphatic carbocycles. The molecule has 1 aliphatic rings. The fraction of sp³-hybridized carbons (Fsp3) is 0.714. The fourth-order valence-electron chi connectivity index (χ4n) is 2.87. The predicted octanol–water partition coefficient (Wildman–Crippen LogP) is 2.81. The maximum Gasteiger partial charge on any atom is 0.244 e. The summed E-state index contributed by atoms with van der Waals surface area (Å²) in [5.74, 6) is 0. The number of hydrogen-bond acceptors (Lipinski definition) is 4. The van der Waals surface area contributed by atoms with Crippen LogP contribution in [-0.4, -0.2) is 31.9 Å². The van der Waals surface area contributed by atoms with Gasteiger partial charge in [-0.2, -0.15) is 4.31 Å². The van der Waals surface area contributed by atoms with Crippen molar-refractivity contribution >= 4 is 21.4 Å². The van der Waals surface area contributed by atoms with Crippen LogP contribution in [0.3, 0.4) is 0 Å². The lowest BCUT2D eigenvalue weighted by Crippen LogP contribution is -2.38. The Kier molecular flexibility index (Phi) is 5.60. The Morgan fingerprint density at radius 1 is 1.35 bits per heavy atom. The van der Waals surface area contributed by atoms with Crippen molar-refractivity contribution in [2.45, 2.75) is 57.0 Å². The molecule has 1 heterocycles. The van der Waals surface area contributed by atoms with Crippen LogP contribution in [0.1, 0.15) is 44.4 Å². The van der Waals surface area contributed by atoms with Gasteiger partial charge in [0.05, 0.1) is 4.90 Å². The van der Waals surface area contributed by atoms with Crippen LogP contribution < -0.4 is 5.32 Å². The number of thiophene rings is 1. The third-order valence-corrected chi connectivity index (χ3v) is 7.03. The van der Waals surface area contributed by atoms with Gasteiger partial charge in [0.2, 0.25) is 10.0 Å². The van der Waals surface area contributed by atoms with E-state index < -0.39 is 10.0 Å². The molecule has 114 valence electrons. The first kappa shape index (κ1) is 15.9. The molecule has 0 radical (unpaired) electrons. The molecule has 1 aromatic heterocycles. The van der Waals surface area contributed by atoms with Crippen LogP contribution in [0, 0.1) is 0 Å². The average Bonchev–Trinajstić information content (AvgIpc) is 3.08. The highest BCUT2D eigenvalue weighted by atomic mass is 32.2. The summed E-state index contributed by atoms with van der Waals surface area (Å²) in [5, 5.41) is 5.09. The van der Waals surface area contributed by atoms with Crippen molar-refractivity contribution in [2.75, 3.05) is 13.1 Å². The summed E-state index contributed by atoms with van der Waals surface area (Å²) in [6.07, 6.45) is 4.29. The van der Waals surface area contributed by atoms with Gasteiger partial charge >= 0.3 is 0 Å². The number of nitrogens with zero attached hydrogens (tertiary/aromatic N) is 1. The van der Waals surface area contributed by atoms with E-state index in [1.165, 1.54) is 11.3 Å². The molecule has 0 amide bonds. The lowest BCUT2D eigenvalue weighted by Gasteiger charge is -2.26. The molecule has 4 nitrogen and oxygen atoms in total. The maximum atomic E-state index is 12.9. The molecule has 1 aromatic rings. The largest absolute Gasteiger partial charge is 0.312 e. The van der Waals surface area contributed by atoms with Gasteiger partial charge < -0.3 is 5.32 Å².